The van der Waals surface area contributed by atoms with Gasteiger partial charge in [0.15, 0.2) is 11.5 Å². The number of nitrogens with one attached hydrogen (secondary N) is 1. The number of carbonyl (C=O) groups excluding carboxylic acids is 1. The molecule has 1 amide bonds. The van der Waals surface area contributed by atoms with E-state index in [9.17, 15) is 9.90 Å². The first-order valence-electron chi connectivity index (χ1n) is 14.7. The molecule has 0 radical (unpaired) electrons. The Balaban J connectivity index is 1.54. The summed E-state index contributed by atoms with van der Waals surface area (Å²) in [5.41, 5.74) is 7.72. The monoisotopic (exact) mass is 548 g/mol. The van der Waals surface area contributed by atoms with Crippen LogP contribution < -0.4 is 20.5 Å². The lowest BCUT2D eigenvalue weighted by molar-refractivity contribution is -0.127. The minimum absolute atomic E-state index is 0.0267. The van der Waals surface area contributed by atoms with Gasteiger partial charge in [0, 0.05) is 38.6 Å². The zero-order valence-corrected chi connectivity index (χ0v) is 24.9. The van der Waals surface area contributed by atoms with Gasteiger partial charge in [-0.1, -0.05) is 33.8 Å². The summed E-state index contributed by atoms with van der Waals surface area (Å²) in [6.45, 7) is 12.0. The molecule has 8 heteroatoms. The summed E-state index contributed by atoms with van der Waals surface area (Å²) in [6, 6.07) is 5.65. The zero-order valence-electron chi connectivity index (χ0n) is 24.9. The highest BCUT2D eigenvalue weighted by Gasteiger charge is 2.53. The summed E-state index contributed by atoms with van der Waals surface area (Å²) in [5, 5.41) is 14.2. The van der Waals surface area contributed by atoms with Crippen LogP contribution in [0.5, 0.6) is 11.5 Å². The predicted octanol–water partition coefficient (Wildman–Crippen LogP) is 3.67. The summed E-state index contributed by atoms with van der Waals surface area (Å²) in [5.74, 6) is 3.73. The number of nitrogens with two attached hydrogens (primary N) is 1. The number of carbonyl (C=O) groups is 1. The van der Waals surface area contributed by atoms with Crippen LogP contribution in [0.3, 0.4) is 0 Å². The molecule has 2 aliphatic rings. The summed E-state index contributed by atoms with van der Waals surface area (Å²) in [7, 11) is 3.33. The van der Waals surface area contributed by atoms with E-state index in [1.54, 1.807) is 14.2 Å². The molecule has 0 aromatic heterocycles. The number of amides is 1. The zero-order chi connectivity index (χ0) is 28.5. The van der Waals surface area contributed by atoms with Crippen LogP contribution in [-0.2, 0) is 20.7 Å². The van der Waals surface area contributed by atoms with Gasteiger partial charge in [-0.15, -0.1) is 0 Å². The Morgan fingerprint density at radius 3 is 2.41 bits per heavy atom. The van der Waals surface area contributed by atoms with Crippen LogP contribution in [-0.4, -0.2) is 70.4 Å². The molecule has 1 aromatic carbocycles. The first kappa shape index (κ1) is 31.7. The molecule has 1 aliphatic carbocycles. The van der Waals surface area contributed by atoms with Gasteiger partial charge in [-0.05, 0) is 72.5 Å². The van der Waals surface area contributed by atoms with Gasteiger partial charge < -0.3 is 35.1 Å². The highest BCUT2D eigenvalue weighted by molar-refractivity contribution is 5.79. The Kier molecular flexibility index (Phi) is 12.4. The minimum Gasteiger partial charge on any atom is -0.493 e. The van der Waals surface area contributed by atoms with Crippen molar-refractivity contribution < 1.29 is 28.8 Å². The Morgan fingerprint density at radius 2 is 1.79 bits per heavy atom. The molecule has 222 valence electrons. The Hall–Kier alpha value is -1.87. The molecule has 1 saturated heterocycles. The fraction of sp³-hybridized carbons (Fsp3) is 0.774. The van der Waals surface area contributed by atoms with Crippen LogP contribution in [0.1, 0.15) is 52.5 Å². The number of hydrogen-bond acceptors (Lipinski definition) is 7. The molecular formula is C31H52N2O6. The molecule has 1 saturated carbocycles. The molecule has 3 unspecified atom stereocenters. The average Bonchev–Trinajstić information content (AvgIpc) is 3.32. The van der Waals surface area contributed by atoms with Crippen molar-refractivity contribution in [1.29, 1.82) is 0 Å². The Labute approximate surface area is 235 Å². The summed E-state index contributed by atoms with van der Waals surface area (Å²) < 4.78 is 22.0. The second kappa shape index (κ2) is 15.2. The van der Waals surface area contributed by atoms with E-state index < -0.39 is 12.1 Å². The predicted molar refractivity (Wildman–Crippen MR) is 153 cm³/mol. The lowest BCUT2D eigenvalue weighted by Crippen LogP contribution is -2.43. The third kappa shape index (κ3) is 9.07. The molecule has 1 aromatic rings. The quantitative estimate of drug-likeness (QED) is 0.240. The van der Waals surface area contributed by atoms with E-state index >= 15 is 0 Å². The van der Waals surface area contributed by atoms with Gasteiger partial charge in [-0.2, -0.15) is 0 Å². The summed E-state index contributed by atoms with van der Waals surface area (Å²) >= 11 is 0. The summed E-state index contributed by atoms with van der Waals surface area (Å²) in [4.78, 5) is 13.0. The Morgan fingerprint density at radius 1 is 1.08 bits per heavy atom. The molecule has 2 fully saturated rings. The fourth-order valence-electron chi connectivity index (χ4n) is 5.88. The third-order valence-corrected chi connectivity index (χ3v) is 8.77. The second-order valence-corrected chi connectivity index (χ2v) is 12.2. The van der Waals surface area contributed by atoms with Gasteiger partial charge in [0.05, 0.1) is 33.0 Å². The molecule has 0 spiro atoms. The van der Waals surface area contributed by atoms with E-state index in [0.29, 0.717) is 62.0 Å². The number of rotatable bonds is 18. The summed E-state index contributed by atoms with van der Waals surface area (Å²) in [6.07, 6.45) is 1.92. The highest BCUT2D eigenvalue weighted by atomic mass is 16.5. The maximum Gasteiger partial charge on any atom is 0.223 e. The molecule has 39 heavy (non-hydrogen) atoms. The van der Waals surface area contributed by atoms with Crippen LogP contribution in [0.4, 0.5) is 0 Å². The van der Waals surface area contributed by atoms with Crippen molar-refractivity contribution in [3.8, 4) is 11.5 Å². The maximum atomic E-state index is 13.0. The molecule has 8 nitrogen and oxygen atoms in total. The van der Waals surface area contributed by atoms with E-state index in [2.05, 4.69) is 25.2 Å². The van der Waals surface area contributed by atoms with Gasteiger partial charge >= 0.3 is 0 Å². The van der Waals surface area contributed by atoms with E-state index in [1.165, 1.54) is 0 Å². The van der Waals surface area contributed by atoms with Crippen molar-refractivity contribution in [3.63, 3.8) is 0 Å². The van der Waals surface area contributed by atoms with Gasteiger partial charge in [0.2, 0.25) is 5.91 Å². The van der Waals surface area contributed by atoms with Crippen LogP contribution in [0.2, 0.25) is 0 Å². The number of methoxy groups -OCH3 is 2. The van der Waals surface area contributed by atoms with E-state index in [0.717, 1.165) is 37.4 Å². The number of hydrogen-bond donors (Lipinski definition) is 3. The van der Waals surface area contributed by atoms with Crippen LogP contribution in [0, 0.1) is 41.4 Å². The molecular weight excluding hydrogens is 496 g/mol. The largest absolute Gasteiger partial charge is 0.493 e. The molecule has 3 rings (SSSR count). The topological polar surface area (TPSA) is 112 Å². The van der Waals surface area contributed by atoms with E-state index in [-0.39, 0.29) is 23.7 Å². The van der Waals surface area contributed by atoms with Gasteiger partial charge in [-0.25, -0.2) is 0 Å². The van der Waals surface area contributed by atoms with Crippen molar-refractivity contribution in [3.05, 3.63) is 23.8 Å². The van der Waals surface area contributed by atoms with E-state index in [1.807, 2.05) is 26.0 Å². The molecule has 1 heterocycles. The van der Waals surface area contributed by atoms with E-state index in [4.69, 9.17) is 24.7 Å². The molecule has 1 aliphatic heterocycles. The standard InChI is InChI=1S/C31H52N2O6/c1-19(2)22(12-21-8-9-29(37-6)30(13-21)39-11-7-10-36-5)14-27(32)28(34)15-23(20(3)4)31(35)33-16-24-25-17-38-18-26(24)25/h8-9,13,19-20,22-28,34H,7,10-12,14-18,32H2,1-6H3,(H,33,35)/t22?,23?,24-,25-,26+,27-,28?/m0/s1. The highest BCUT2D eigenvalue weighted by Crippen LogP contribution is 2.50. The average molecular weight is 549 g/mol. The van der Waals surface area contributed by atoms with Crippen molar-refractivity contribution in [2.45, 2.75) is 65.5 Å². The maximum absolute atomic E-state index is 13.0. The van der Waals surface area contributed by atoms with Crippen molar-refractivity contribution in [2.75, 3.05) is 47.2 Å². The van der Waals surface area contributed by atoms with Crippen molar-refractivity contribution in [2.24, 2.45) is 47.2 Å². The number of aliphatic hydroxyl groups excluding tert-OH is 1. The van der Waals surface area contributed by atoms with Crippen molar-refractivity contribution >= 4 is 5.91 Å². The van der Waals surface area contributed by atoms with Crippen LogP contribution >= 0.6 is 0 Å². The SMILES string of the molecule is COCCCOc1cc(CC(C[C@H](N)C(O)CC(C(=O)NC[C@@H]2[C@H]3COC[C@@H]23)C(C)C)C(C)C)ccc1OC. The number of fused-ring (bicyclic) bond motifs is 1. The third-order valence-electron chi connectivity index (χ3n) is 8.77. The smallest absolute Gasteiger partial charge is 0.223 e. The first-order chi connectivity index (χ1) is 18.7. The van der Waals surface area contributed by atoms with Gasteiger partial charge in [-0.3, -0.25) is 4.79 Å². The number of benzene rings is 1. The number of aliphatic hydroxyl groups is 1. The van der Waals surface area contributed by atoms with Gasteiger partial charge in [0.1, 0.15) is 0 Å². The minimum atomic E-state index is -0.742. The lowest BCUT2D eigenvalue weighted by Gasteiger charge is -2.30. The first-order valence-corrected chi connectivity index (χ1v) is 14.7. The molecule has 4 N–H and O–H groups in total. The van der Waals surface area contributed by atoms with Gasteiger partial charge in [0.25, 0.3) is 0 Å². The lowest BCUT2D eigenvalue weighted by atomic mass is 9.81. The molecule has 7 atom stereocenters. The molecule has 0 bridgehead atoms. The van der Waals surface area contributed by atoms with Crippen molar-refractivity contribution in [1.82, 2.24) is 5.32 Å². The number of ether oxygens (including phenoxy) is 4. The van der Waals surface area contributed by atoms with Crippen LogP contribution in [0.15, 0.2) is 18.2 Å². The second-order valence-electron chi connectivity index (χ2n) is 12.2. The normalized spacial score (nSPS) is 23.3. The Bertz CT molecular complexity index is 884. The fourth-order valence-corrected chi connectivity index (χ4v) is 5.88. The van der Waals surface area contributed by atoms with Crippen LogP contribution in [0.25, 0.3) is 0 Å².